The molecule has 0 saturated heterocycles. The molecule has 0 bridgehead atoms. The number of anilines is 1. The molecule has 0 aromatic heterocycles. The molecule has 0 aliphatic carbocycles. The molecule has 1 amide bonds. The van der Waals surface area contributed by atoms with Gasteiger partial charge in [0.05, 0.1) is 18.4 Å². The van der Waals surface area contributed by atoms with Crippen molar-refractivity contribution >= 4 is 35.1 Å². The van der Waals surface area contributed by atoms with E-state index in [1.165, 1.54) is 37.4 Å². The first kappa shape index (κ1) is 18.3. The zero-order chi connectivity index (χ0) is 18.4. The molecule has 2 N–H and O–H groups in total. The van der Waals surface area contributed by atoms with Crippen LogP contribution in [0.4, 0.5) is 5.69 Å². The van der Waals surface area contributed by atoms with Crippen molar-refractivity contribution < 1.29 is 29.0 Å². The summed E-state index contributed by atoms with van der Waals surface area (Å²) in [7, 11) is 1.23. The SMILES string of the molecule is COC(=O)c1ccccc1NC(=O)COc1ccc(Cl)cc1C(=O)O. The number of halogens is 1. The number of nitrogens with one attached hydrogen (secondary N) is 1. The first-order chi connectivity index (χ1) is 11.9. The number of hydrogen-bond acceptors (Lipinski definition) is 5. The third-order valence-corrected chi connectivity index (χ3v) is 3.37. The van der Waals surface area contributed by atoms with E-state index in [1.54, 1.807) is 12.1 Å². The van der Waals surface area contributed by atoms with Gasteiger partial charge in [-0.1, -0.05) is 23.7 Å². The van der Waals surface area contributed by atoms with Gasteiger partial charge in [0.2, 0.25) is 0 Å². The lowest BCUT2D eigenvalue weighted by Crippen LogP contribution is -2.22. The van der Waals surface area contributed by atoms with Crippen molar-refractivity contribution in [2.24, 2.45) is 0 Å². The quantitative estimate of drug-likeness (QED) is 0.765. The number of carbonyl (C=O) groups is 3. The van der Waals surface area contributed by atoms with Crippen LogP contribution in [0.2, 0.25) is 5.02 Å². The topological polar surface area (TPSA) is 102 Å². The van der Waals surface area contributed by atoms with Crippen LogP contribution in [-0.2, 0) is 9.53 Å². The van der Waals surface area contributed by atoms with Gasteiger partial charge in [0.25, 0.3) is 5.91 Å². The van der Waals surface area contributed by atoms with Gasteiger partial charge in [0.1, 0.15) is 11.3 Å². The number of benzene rings is 2. The van der Waals surface area contributed by atoms with Gasteiger partial charge in [-0.25, -0.2) is 9.59 Å². The second-order valence-corrected chi connectivity index (χ2v) is 5.26. The fourth-order valence-electron chi connectivity index (χ4n) is 2.00. The highest BCUT2D eigenvalue weighted by Crippen LogP contribution is 2.23. The predicted octanol–water partition coefficient (Wildman–Crippen LogP) is 2.84. The molecule has 25 heavy (non-hydrogen) atoms. The normalized spacial score (nSPS) is 10.0. The molecule has 0 heterocycles. The van der Waals surface area contributed by atoms with E-state index in [1.807, 2.05) is 0 Å². The van der Waals surface area contributed by atoms with E-state index in [4.69, 9.17) is 21.4 Å². The van der Waals surface area contributed by atoms with Crippen LogP contribution in [0.1, 0.15) is 20.7 Å². The highest BCUT2D eigenvalue weighted by Gasteiger charge is 2.16. The molecule has 2 rings (SSSR count). The predicted molar refractivity (Wildman–Crippen MR) is 90.3 cm³/mol. The van der Waals surface area contributed by atoms with Crippen LogP contribution in [0, 0.1) is 0 Å². The highest BCUT2D eigenvalue weighted by atomic mass is 35.5. The van der Waals surface area contributed by atoms with Gasteiger partial charge in [-0.05, 0) is 30.3 Å². The summed E-state index contributed by atoms with van der Waals surface area (Å²) in [6.45, 7) is -0.447. The van der Waals surface area contributed by atoms with Crippen LogP contribution in [-0.4, -0.2) is 36.7 Å². The molecule has 0 spiro atoms. The molecule has 0 atom stereocenters. The number of para-hydroxylation sites is 1. The van der Waals surface area contributed by atoms with E-state index in [0.29, 0.717) is 0 Å². The molecular weight excluding hydrogens is 350 g/mol. The molecule has 7 nitrogen and oxygen atoms in total. The molecule has 0 fully saturated rings. The lowest BCUT2D eigenvalue weighted by molar-refractivity contribution is -0.118. The van der Waals surface area contributed by atoms with Crippen molar-refractivity contribution in [1.29, 1.82) is 0 Å². The van der Waals surface area contributed by atoms with Crippen molar-refractivity contribution in [3.8, 4) is 5.75 Å². The van der Waals surface area contributed by atoms with E-state index in [9.17, 15) is 14.4 Å². The lowest BCUT2D eigenvalue weighted by Gasteiger charge is -2.11. The van der Waals surface area contributed by atoms with Gasteiger partial charge >= 0.3 is 11.9 Å². The molecule has 2 aromatic rings. The van der Waals surface area contributed by atoms with Crippen molar-refractivity contribution in [3.05, 3.63) is 58.6 Å². The van der Waals surface area contributed by atoms with Gasteiger partial charge in [-0.15, -0.1) is 0 Å². The van der Waals surface area contributed by atoms with Crippen LogP contribution in [0.25, 0.3) is 0 Å². The minimum absolute atomic E-state index is 0.00769. The molecule has 0 aliphatic heterocycles. The third kappa shape index (κ3) is 4.71. The van der Waals surface area contributed by atoms with Crippen molar-refractivity contribution in [2.45, 2.75) is 0 Å². The lowest BCUT2D eigenvalue weighted by atomic mass is 10.2. The van der Waals surface area contributed by atoms with Crippen LogP contribution in [0.5, 0.6) is 5.75 Å². The van der Waals surface area contributed by atoms with Gasteiger partial charge in [0.15, 0.2) is 6.61 Å². The van der Waals surface area contributed by atoms with E-state index < -0.39 is 24.5 Å². The van der Waals surface area contributed by atoms with Crippen LogP contribution < -0.4 is 10.1 Å². The molecule has 0 radical (unpaired) electrons. The Bertz CT molecular complexity index is 821. The largest absolute Gasteiger partial charge is 0.483 e. The van der Waals surface area contributed by atoms with E-state index in [-0.39, 0.29) is 27.6 Å². The Morgan fingerprint density at radius 1 is 1.12 bits per heavy atom. The van der Waals surface area contributed by atoms with Crippen molar-refractivity contribution in [2.75, 3.05) is 19.0 Å². The number of esters is 1. The van der Waals surface area contributed by atoms with Crippen LogP contribution in [0.15, 0.2) is 42.5 Å². The number of carbonyl (C=O) groups excluding carboxylic acids is 2. The Balaban J connectivity index is 2.08. The van der Waals surface area contributed by atoms with E-state index in [2.05, 4.69) is 10.1 Å². The maximum Gasteiger partial charge on any atom is 0.339 e. The average molecular weight is 364 g/mol. The van der Waals surface area contributed by atoms with Crippen molar-refractivity contribution in [3.63, 3.8) is 0 Å². The first-order valence-corrected chi connectivity index (χ1v) is 7.43. The minimum Gasteiger partial charge on any atom is -0.483 e. The molecule has 0 aliphatic rings. The number of ether oxygens (including phenoxy) is 2. The molecule has 0 saturated carbocycles. The van der Waals surface area contributed by atoms with Gasteiger partial charge in [0, 0.05) is 5.02 Å². The molecule has 130 valence electrons. The maximum atomic E-state index is 12.0. The average Bonchev–Trinajstić information content (AvgIpc) is 2.60. The Morgan fingerprint density at radius 2 is 1.84 bits per heavy atom. The zero-order valence-corrected chi connectivity index (χ0v) is 13.9. The van der Waals surface area contributed by atoms with Gasteiger partial charge < -0.3 is 19.9 Å². The third-order valence-electron chi connectivity index (χ3n) is 3.14. The van der Waals surface area contributed by atoms with Gasteiger partial charge in [-0.2, -0.15) is 0 Å². The summed E-state index contributed by atoms with van der Waals surface area (Å²) < 4.78 is 9.89. The first-order valence-electron chi connectivity index (χ1n) is 7.05. The summed E-state index contributed by atoms with van der Waals surface area (Å²) in [6, 6.07) is 10.4. The number of carboxylic acids is 1. The van der Waals surface area contributed by atoms with Gasteiger partial charge in [-0.3, -0.25) is 4.79 Å². The number of hydrogen-bond donors (Lipinski definition) is 2. The monoisotopic (exact) mass is 363 g/mol. The van der Waals surface area contributed by atoms with E-state index in [0.717, 1.165) is 0 Å². The summed E-state index contributed by atoms with van der Waals surface area (Å²) in [6.07, 6.45) is 0. The number of rotatable bonds is 6. The maximum absolute atomic E-state index is 12.0. The van der Waals surface area contributed by atoms with E-state index >= 15 is 0 Å². The smallest absolute Gasteiger partial charge is 0.339 e. The summed E-state index contributed by atoms with van der Waals surface area (Å²) in [5.41, 5.74) is 0.295. The second kappa shape index (κ2) is 8.16. The Kier molecular flexibility index (Phi) is 5.97. The fourth-order valence-corrected chi connectivity index (χ4v) is 2.18. The standard InChI is InChI=1S/C17H14ClNO6/c1-24-17(23)11-4-2-3-5-13(11)19-15(20)9-25-14-7-6-10(18)8-12(14)16(21)22/h2-8H,9H2,1H3,(H,19,20)(H,21,22). The fraction of sp³-hybridized carbons (Fsp3) is 0.118. The Hall–Kier alpha value is -3.06. The van der Waals surface area contributed by atoms with Crippen molar-refractivity contribution in [1.82, 2.24) is 0 Å². The summed E-state index contributed by atoms with van der Waals surface area (Å²) in [4.78, 5) is 34.9. The molecule has 8 heteroatoms. The summed E-state index contributed by atoms with van der Waals surface area (Å²) in [5.74, 6) is -2.38. The molecule has 0 unspecified atom stereocenters. The minimum atomic E-state index is -1.23. The second-order valence-electron chi connectivity index (χ2n) is 4.82. The molecule has 2 aromatic carbocycles. The highest BCUT2D eigenvalue weighted by molar-refractivity contribution is 6.31. The van der Waals surface area contributed by atoms with Crippen LogP contribution in [0.3, 0.4) is 0 Å². The Labute approximate surface area is 148 Å². The Morgan fingerprint density at radius 3 is 2.52 bits per heavy atom. The molecular formula is C17H14ClNO6. The number of carboxylic acid groups (broad SMARTS) is 1. The zero-order valence-electron chi connectivity index (χ0n) is 13.1. The number of aromatic carboxylic acids is 1. The summed E-state index contributed by atoms with van der Waals surface area (Å²) >= 11 is 5.75. The number of methoxy groups -OCH3 is 1. The summed E-state index contributed by atoms with van der Waals surface area (Å²) in [5, 5.41) is 11.9. The van der Waals surface area contributed by atoms with Crippen LogP contribution >= 0.6 is 11.6 Å². The number of amides is 1.